The topological polar surface area (TPSA) is 77.5 Å². The van der Waals surface area contributed by atoms with Crippen molar-refractivity contribution in [3.8, 4) is 5.75 Å². The Bertz CT molecular complexity index is 1480. The molecule has 3 aliphatic rings. The second-order valence-electron chi connectivity index (χ2n) is 10.6. The van der Waals surface area contributed by atoms with E-state index in [0.29, 0.717) is 35.3 Å². The number of benzene rings is 3. The zero-order chi connectivity index (χ0) is 27.8. The van der Waals surface area contributed by atoms with Crippen LogP contribution in [0.3, 0.4) is 0 Å². The second kappa shape index (κ2) is 11.0. The monoisotopic (exact) mass is 557 g/mol. The van der Waals surface area contributed by atoms with Crippen LogP contribution in [0.5, 0.6) is 5.75 Å². The van der Waals surface area contributed by atoms with Gasteiger partial charge in [0.15, 0.2) is 0 Å². The first-order valence-electron chi connectivity index (χ1n) is 13.6. The minimum Gasteiger partial charge on any atom is -0.493 e. The highest BCUT2D eigenvalue weighted by molar-refractivity contribution is 6.31. The highest BCUT2D eigenvalue weighted by Crippen LogP contribution is 2.39. The highest BCUT2D eigenvalue weighted by atomic mass is 35.5. The Morgan fingerprint density at radius 2 is 1.85 bits per heavy atom. The van der Waals surface area contributed by atoms with Crippen molar-refractivity contribution in [2.45, 2.75) is 12.3 Å². The van der Waals surface area contributed by atoms with Crippen LogP contribution in [-0.2, 0) is 16.0 Å². The van der Waals surface area contributed by atoms with E-state index in [9.17, 15) is 9.59 Å². The molecule has 1 atom stereocenters. The van der Waals surface area contributed by atoms with Gasteiger partial charge in [0.2, 0.25) is 11.8 Å². The van der Waals surface area contributed by atoms with E-state index in [0.717, 1.165) is 60.7 Å². The molecule has 9 heteroatoms. The Labute approximate surface area is 239 Å². The molecular formula is C31H32ClN5O3. The smallest absolute Gasteiger partial charge is 0.240 e. The molecule has 3 aromatic carbocycles. The van der Waals surface area contributed by atoms with E-state index >= 15 is 0 Å². The predicted octanol–water partition coefficient (Wildman–Crippen LogP) is 4.34. The van der Waals surface area contributed by atoms with Gasteiger partial charge in [-0.25, -0.2) is 0 Å². The summed E-state index contributed by atoms with van der Waals surface area (Å²) < 4.78 is 5.82. The normalized spacial score (nSPS) is 19.1. The fourth-order valence-corrected chi connectivity index (χ4v) is 5.64. The van der Waals surface area contributed by atoms with Gasteiger partial charge in [0.05, 0.1) is 24.6 Å². The molecule has 2 amide bonds. The van der Waals surface area contributed by atoms with Crippen LogP contribution < -0.4 is 15.0 Å². The third kappa shape index (κ3) is 5.35. The van der Waals surface area contributed by atoms with Gasteiger partial charge >= 0.3 is 0 Å². The fraction of sp³-hybridized carbons (Fsp3) is 0.323. The van der Waals surface area contributed by atoms with Crippen LogP contribution >= 0.6 is 11.6 Å². The first kappa shape index (κ1) is 26.5. The summed E-state index contributed by atoms with van der Waals surface area (Å²) in [6, 6.07) is 19.0. The summed E-state index contributed by atoms with van der Waals surface area (Å²) in [4.78, 5) is 37.4. The van der Waals surface area contributed by atoms with E-state index in [1.165, 1.54) is 0 Å². The summed E-state index contributed by atoms with van der Waals surface area (Å²) in [5.41, 5.74) is 5.62. The summed E-state index contributed by atoms with van der Waals surface area (Å²) in [5, 5.41) is 3.52. The molecule has 6 rings (SSSR count). The lowest BCUT2D eigenvalue weighted by Crippen LogP contribution is -2.48. The van der Waals surface area contributed by atoms with Gasteiger partial charge in [-0.15, -0.1) is 0 Å². The number of likely N-dealkylation sites (N-methyl/N-ethyl adjacent to an activating group) is 2. The van der Waals surface area contributed by atoms with Crippen LogP contribution in [0, 0.1) is 0 Å². The number of amides is 2. The van der Waals surface area contributed by atoms with Crippen LogP contribution in [0.1, 0.15) is 22.6 Å². The molecule has 8 nitrogen and oxygen atoms in total. The third-order valence-electron chi connectivity index (χ3n) is 7.93. The van der Waals surface area contributed by atoms with E-state index in [1.807, 2.05) is 48.5 Å². The van der Waals surface area contributed by atoms with E-state index in [1.54, 1.807) is 24.1 Å². The maximum absolute atomic E-state index is 13.3. The van der Waals surface area contributed by atoms with Crippen molar-refractivity contribution in [3.05, 3.63) is 82.4 Å². The van der Waals surface area contributed by atoms with Gasteiger partial charge in [0.1, 0.15) is 11.7 Å². The van der Waals surface area contributed by atoms with Gasteiger partial charge in [0, 0.05) is 61.6 Å². The van der Waals surface area contributed by atoms with Gasteiger partial charge in [-0.1, -0.05) is 29.8 Å². The van der Waals surface area contributed by atoms with Crippen molar-refractivity contribution in [3.63, 3.8) is 0 Å². The molecule has 3 aliphatic heterocycles. The third-order valence-corrected chi connectivity index (χ3v) is 8.16. The molecule has 3 heterocycles. The number of rotatable bonds is 6. The van der Waals surface area contributed by atoms with Crippen molar-refractivity contribution in [2.75, 3.05) is 63.6 Å². The van der Waals surface area contributed by atoms with Crippen LogP contribution in [0.25, 0.3) is 0 Å². The van der Waals surface area contributed by atoms with Crippen LogP contribution in [0.2, 0.25) is 5.02 Å². The molecule has 0 spiro atoms. The number of anilines is 2. The lowest BCUT2D eigenvalue weighted by Gasteiger charge is -2.32. The molecule has 1 unspecified atom stereocenters. The van der Waals surface area contributed by atoms with Crippen LogP contribution in [-0.4, -0.2) is 80.8 Å². The number of fused-ring (bicyclic) bond motifs is 2. The second-order valence-corrected chi connectivity index (χ2v) is 11.1. The zero-order valence-corrected chi connectivity index (χ0v) is 23.4. The fourth-order valence-electron chi connectivity index (χ4n) is 5.46. The minimum atomic E-state index is -0.598. The Morgan fingerprint density at radius 3 is 2.62 bits per heavy atom. The highest BCUT2D eigenvalue weighted by Gasteiger charge is 2.36. The SMILES string of the molecule is CN1CCN(CC(=O)N(C)c2ccc(N=C(c3ccc4c(c3)OCC4)C3C(=O)Nc4cc(Cl)ccc43)cc2)CC1. The number of hydrogen-bond donors (Lipinski definition) is 1. The molecule has 1 N–H and O–H groups in total. The number of aliphatic imine (C=N–C) groups is 1. The molecule has 206 valence electrons. The van der Waals surface area contributed by atoms with Gasteiger partial charge in [0.25, 0.3) is 0 Å². The maximum Gasteiger partial charge on any atom is 0.240 e. The van der Waals surface area contributed by atoms with Crippen molar-refractivity contribution in [1.29, 1.82) is 0 Å². The average Bonchev–Trinajstić information content (AvgIpc) is 3.55. The quantitative estimate of drug-likeness (QED) is 0.456. The number of ether oxygens (including phenoxy) is 1. The number of hydrogen-bond acceptors (Lipinski definition) is 6. The van der Waals surface area contributed by atoms with E-state index in [-0.39, 0.29) is 11.8 Å². The van der Waals surface area contributed by atoms with Gasteiger partial charge in [-0.2, -0.15) is 0 Å². The Hall–Kier alpha value is -3.72. The lowest BCUT2D eigenvalue weighted by molar-refractivity contribution is -0.120. The summed E-state index contributed by atoms with van der Waals surface area (Å²) in [6.45, 7) is 4.78. The zero-order valence-electron chi connectivity index (χ0n) is 22.7. The number of carbonyl (C=O) groups excluding carboxylic acids is 2. The van der Waals surface area contributed by atoms with Gasteiger partial charge in [-0.3, -0.25) is 19.5 Å². The average molecular weight is 558 g/mol. The van der Waals surface area contributed by atoms with Gasteiger partial charge < -0.3 is 19.9 Å². The molecule has 0 radical (unpaired) electrons. The molecule has 1 saturated heterocycles. The summed E-state index contributed by atoms with van der Waals surface area (Å²) in [7, 11) is 3.91. The molecule has 1 fully saturated rings. The molecule has 0 saturated carbocycles. The number of nitrogens with zero attached hydrogens (tertiary/aromatic N) is 4. The molecular weight excluding hydrogens is 526 g/mol. The number of carbonyl (C=O) groups is 2. The summed E-state index contributed by atoms with van der Waals surface area (Å²) in [5.74, 6) is 0.135. The van der Waals surface area contributed by atoms with Gasteiger partial charge in [-0.05, 0) is 60.6 Å². The Morgan fingerprint density at radius 1 is 1.07 bits per heavy atom. The number of halogens is 1. The lowest BCUT2D eigenvalue weighted by atomic mass is 9.90. The summed E-state index contributed by atoms with van der Waals surface area (Å²) >= 11 is 6.20. The molecule has 0 aliphatic carbocycles. The first-order valence-corrected chi connectivity index (χ1v) is 14.0. The Kier molecular flexibility index (Phi) is 7.31. The van der Waals surface area contributed by atoms with Crippen LogP contribution in [0.4, 0.5) is 17.1 Å². The van der Waals surface area contributed by atoms with E-state index in [2.05, 4.69) is 22.2 Å². The first-order chi connectivity index (χ1) is 19.4. The number of nitrogens with one attached hydrogen (secondary N) is 1. The molecule has 40 heavy (non-hydrogen) atoms. The van der Waals surface area contributed by atoms with Crippen LogP contribution in [0.15, 0.2) is 65.7 Å². The van der Waals surface area contributed by atoms with Crippen molar-refractivity contribution in [2.24, 2.45) is 4.99 Å². The van der Waals surface area contributed by atoms with E-state index in [4.69, 9.17) is 21.3 Å². The molecule has 0 bridgehead atoms. The molecule has 0 aromatic heterocycles. The molecule has 3 aromatic rings. The summed E-state index contributed by atoms with van der Waals surface area (Å²) in [6.07, 6.45) is 0.871. The van der Waals surface area contributed by atoms with Crippen molar-refractivity contribution < 1.29 is 14.3 Å². The van der Waals surface area contributed by atoms with Crippen molar-refractivity contribution in [1.82, 2.24) is 9.80 Å². The largest absolute Gasteiger partial charge is 0.493 e. The number of piperazine rings is 1. The van der Waals surface area contributed by atoms with E-state index < -0.39 is 5.92 Å². The minimum absolute atomic E-state index is 0.0533. The Balaban J connectivity index is 1.29. The maximum atomic E-state index is 13.3. The standard InChI is InChI=1S/C31H32ClN5O3/c1-35-12-14-37(15-13-35)19-28(38)36(2)24-8-6-23(7-9-24)33-30(21-4-3-20-11-16-40-27(20)17-21)29-25-10-5-22(32)18-26(25)34-31(29)39/h3-10,17-18,29H,11-16,19H2,1-2H3,(H,34,39). The predicted molar refractivity (Wildman–Crippen MR) is 158 cm³/mol. The van der Waals surface area contributed by atoms with Crippen molar-refractivity contribution >= 4 is 46.2 Å².